The molecule has 0 bridgehead atoms. The molecule has 1 aromatic heterocycles. The largest absolute Gasteiger partial charge is 0.352 e. The number of rotatable bonds is 6. The number of amides is 1. The van der Waals surface area contributed by atoms with Gasteiger partial charge in [-0.15, -0.1) is 0 Å². The van der Waals surface area contributed by atoms with Crippen LogP contribution in [-0.4, -0.2) is 34.8 Å². The van der Waals surface area contributed by atoms with Crippen LogP contribution in [0, 0.1) is 20.8 Å². The number of carbonyl (C=O) groups excluding carboxylic acids is 1. The van der Waals surface area contributed by atoms with Crippen molar-refractivity contribution < 1.29 is 4.79 Å². The van der Waals surface area contributed by atoms with Gasteiger partial charge in [-0.25, -0.2) is 0 Å². The lowest BCUT2D eigenvalue weighted by atomic mass is 10.1. The van der Waals surface area contributed by atoms with Crippen LogP contribution in [0.2, 0.25) is 0 Å². The summed E-state index contributed by atoms with van der Waals surface area (Å²) in [6.45, 7) is 8.96. The van der Waals surface area contributed by atoms with E-state index in [1.54, 1.807) is 0 Å². The Balaban J connectivity index is 1.58. The van der Waals surface area contributed by atoms with Crippen LogP contribution in [-0.2, 0) is 17.8 Å². The number of aryl methyl sites for hydroxylation is 2. The molecule has 2 aromatic rings. The van der Waals surface area contributed by atoms with Crippen LogP contribution < -0.4 is 10.6 Å². The fourth-order valence-electron chi connectivity index (χ4n) is 3.63. The Bertz CT molecular complexity index is 742. The third kappa shape index (κ3) is 4.73. The number of nitrogens with zero attached hydrogens (tertiary/aromatic N) is 2. The summed E-state index contributed by atoms with van der Waals surface area (Å²) in [7, 11) is 0. The minimum atomic E-state index is 0.142. The first-order valence-electron chi connectivity index (χ1n) is 9.61. The Hall–Kier alpha value is -2.14. The Labute approximate surface area is 156 Å². The minimum absolute atomic E-state index is 0.142. The van der Waals surface area contributed by atoms with Gasteiger partial charge in [0.2, 0.25) is 5.91 Å². The molecule has 1 aromatic carbocycles. The summed E-state index contributed by atoms with van der Waals surface area (Å²) in [5, 5.41) is 11.2. The normalized spacial score (nSPS) is 17.3. The van der Waals surface area contributed by atoms with Crippen molar-refractivity contribution >= 4 is 5.91 Å². The zero-order valence-corrected chi connectivity index (χ0v) is 16.1. The predicted molar refractivity (Wildman–Crippen MR) is 104 cm³/mol. The Kier molecular flexibility index (Phi) is 6.09. The highest BCUT2D eigenvalue weighted by molar-refractivity contribution is 5.76. The maximum absolute atomic E-state index is 12.3. The molecule has 1 amide bonds. The van der Waals surface area contributed by atoms with Crippen LogP contribution in [0.3, 0.4) is 0 Å². The van der Waals surface area contributed by atoms with E-state index >= 15 is 0 Å². The molecule has 0 saturated carbocycles. The number of aromatic nitrogens is 2. The Morgan fingerprint density at radius 3 is 2.73 bits per heavy atom. The van der Waals surface area contributed by atoms with E-state index in [0.717, 1.165) is 50.3 Å². The van der Waals surface area contributed by atoms with Crippen LogP contribution in [0.5, 0.6) is 0 Å². The average Bonchev–Trinajstić information content (AvgIpc) is 2.89. The van der Waals surface area contributed by atoms with Gasteiger partial charge < -0.3 is 10.6 Å². The van der Waals surface area contributed by atoms with Crippen molar-refractivity contribution in [3.8, 4) is 0 Å². The molecular weight excluding hydrogens is 324 g/mol. The number of benzene rings is 1. The molecule has 2 N–H and O–H groups in total. The summed E-state index contributed by atoms with van der Waals surface area (Å²) < 4.78 is 2.05. The fraction of sp³-hybridized carbons (Fsp3) is 0.524. The highest BCUT2D eigenvalue weighted by Gasteiger charge is 2.17. The third-order valence-corrected chi connectivity index (χ3v) is 5.25. The third-order valence-electron chi connectivity index (χ3n) is 5.25. The van der Waals surface area contributed by atoms with Crippen LogP contribution in [0.4, 0.5) is 0 Å². The number of nitrogens with one attached hydrogen (secondary N) is 2. The van der Waals surface area contributed by atoms with Gasteiger partial charge in [0.15, 0.2) is 0 Å². The molecule has 5 nitrogen and oxygen atoms in total. The molecular formula is C21H30N4O. The van der Waals surface area contributed by atoms with E-state index in [0.29, 0.717) is 6.42 Å². The maximum atomic E-state index is 12.3. The van der Waals surface area contributed by atoms with Gasteiger partial charge in [-0.3, -0.25) is 9.48 Å². The second kappa shape index (κ2) is 8.49. The average molecular weight is 354 g/mol. The standard InChI is InChI=1S/C21H30N4O/c1-15-6-8-18(9-7-15)14-25-17(3)20(16(2)24-25)10-11-21(26)23-19-5-4-12-22-13-19/h6-9,19,22H,4-5,10-14H2,1-3H3,(H,23,26)/t19-/m0/s1. The summed E-state index contributed by atoms with van der Waals surface area (Å²) in [5.74, 6) is 0.142. The molecule has 5 heteroatoms. The zero-order chi connectivity index (χ0) is 18.5. The molecule has 1 saturated heterocycles. The SMILES string of the molecule is Cc1ccc(Cn2nc(C)c(CCC(=O)N[C@H]3CCCNC3)c2C)cc1. The van der Waals surface area contributed by atoms with Crippen molar-refractivity contribution in [1.29, 1.82) is 0 Å². The molecule has 0 spiro atoms. The number of piperidine rings is 1. The van der Waals surface area contributed by atoms with E-state index in [2.05, 4.69) is 53.4 Å². The molecule has 0 unspecified atom stereocenters. The van der Waals surface area contributed by atoms with Crippen molar-refractivity contribution in [2.24, 2.45) is 0 Å². The van der Waals surface area contributed by atoms with Crippen LogP contribution in [0.1, 0.15) is 47.3 Å². The van der Waals surface area contributed by atoms with Crippen LogP contribution in [0.15, 0.2) is 24.3 Å². The van der Waals surface area contributed by atoms with Crippen LogP contribution in [0.25, 0.3) is 0 Å². The van der Waals surface area contributed by atoms with E-state index in [9.17, 15) is 4.79 Å². The predicted octanol–water partition coefficient (Wildman–Crippen LogP) is 2.66. The van der Waals surface area contributed by atoms with Crippen molar-refractivity contribution in [1.82, 2.24) is 20.4 Å². The maximum Gasteiger partial charge on any atom is 0.220 e. The van der Waals surface area contributed by atoms with Gasteiger partial charge in [0.1, 0.15) is 0 Å². The van der Waals surface area contributed by atoms with E-state index in [1.807, 2.05) is 6.92 Å². The topological polar surface area (TPSA) is 59.0 Å². The number of hydrogen-bond acceptors (Lipinski definition) is 3. The molecule has 3 rings (SSSR count). The Morgan fingerprint density at radius 1 is 1.27 bits per heavy atom. The molecule has 0 aliphatic carbocycles. The van der Waals surface area contributed by atoms with E-state index in [-0.39, 0.29) is 11.9 Å². The summed E-state index contributed by atoms with van der Waals surface area (Å²) in [6.07, 6.45) is 3.48. The highest BCUT2D eigenvalue weighted by Crippen LogP contribution is 2.17. The second-order valence-electron chi connectivity index (χ2n) is 7.40. The van der Waals surface area contributed by atoms with Gasteiger partial charge in [-0.05, 0) is 57.7 Å². The molecule has 26 heavy (non-hydrogen) atoms. The van der Waals surface area contributed by atoms with Gasteiger partial charge in [-0.2, -0.15) is 5.10 Å². The van der Waals surface area contributed by atoms with Crippen molar-refractivity contribution in [2.45, 2.75) is 59.0 Å². The van der Waals surface area contributed by atoms with Crippen LogP contribution >= 0.6 is 0 Å². The molecule has 1 atom stereocenters. The van der Waals surface area contributed by atoms with Gasteiger partial charge >= 0.3 is 0 Å². The molecule has 1 aliphatic heterocycles. The van der Waals surface area contributed by atoms with E-state index in [1.165, 1.54) is 16.7 Å². The monoisotopic (exact) mass is 354 g/mol. The summed E-state index contributed by atoms with van der Waals surface area (Å²) in [6, 6.07) is 8.84. The van der Waals surface area contributed by atoms with Crippen molar-refractivity contribution in [3.63, 3.8) is 0 Å². The fourth-order valence-corrected chi connectivity index (χ4v) is 3.63. The lowest BCUT2D eigenvalue weighted by molar-refractivity contribution is -0.121. The number of hydrogen-bond donors (Lipinski definition) is 2. The van der Waals surface area contributed by atoms with Crippen molar-refractivity contribution in [3.05, 3.63) is 52.3 Å². The summed E-state index contributed by atoms with van der Waals surface area (Å²) in [5.41, 5.74) is 5.91. The lowest BCUT2D eigenvalue weighted by Crippen LogP contribution is -2.45. The zero-order valence-electron chi connectivity index (χ0n) is 16.1. The van der Waals surface area contributed by atoms with Gasteiger partial charge in [0.25, 0.3) is 0 Å². The lowest BCUT2D eigenvalue weighted by Gasteiger charge is -2.23. The molecule has 1 fully saturated rings. The quantitative estimate of drug-likeness (QED) is 0.838. The first-order chi connectivity index (χ1) is 12.5. The molecule has 2 heterocycles. The molecule has 140 valence electrons. The first-order valence-corrected chi connectivity index (χ1v) is 9.61. The number of carbonyl (C=O) groups is 1. The van der Waals surface area contributed by atoms with Gasteiger partial charge in [-0.1, -0.05) is 29.8 Å². The highest BCUT2D eigenvalue weighted by atomic mass is 16.1. The van der Waals surface area contributed by atoms with E-state index < -0.39 is 0 Å². The summed E-state index contributed by atoms with van der Waals surface area (Å²) >= 11 is 0. The van der Waals surface area contributed by atoms with E-state index in [4.69, 9.17) is 5.10 Å². The summed E-state index contributed by atoms with van der Waals surface area (Å²) in [4.78, 5) is 12.3. The Morgan fingerprint density at radius 2 is 2.04 bits per heavy atom. The van der Waals surface area contributed by atoms with Gasteiger partial charge in [0, 0.05) is 24.7 Å². The smallest absolute Gasteiger partial charge is 0.220 e. The molecule has 1 aliphatic rings. The molecule has 0 radical (unpaired) electrons. The second-order valence-corrected chi connectivity index (χ2v) is 7.40. The van der Waals surface area contributed by atoms with Gasteiger partial charge in [0.05, 0.1) is 12.2 Å². The minimum Gasteiger partial charge on any atom is -0.352 e. The first kappa shape index (κ1) is 18.6. The van der Waals surface area contributed by atoms with Crippen molar-refractivity contribution in [2.75, 3.05) is 13.1 Å².